The van der Waals surface area contributed by atoms with Gasteiger partial charge in [0.05, 0.1) is 0 Å². The summed E-state index contributed by atoms with van der Waals surface area (Å²) in [6, 6.07) is 0.456. The molecular formula is C13H26N2O. The summed E-state index contributed by atoms with van der Waals surface area (Å²) in [6.45, 7) is 10.3. The summed E-state index contributed by atoms with van der Waals surface area (Å²) < 4.78 is 0. The summed E-state index contributed by atoms with van der Waals surface area (Å²) >= 11 is 0. The number of carbonyl (C=O) groups excluding carboxylic acids is 1. The molecule has 1 aliphatic heterocycles. The standard InChI is InChI=1S/C13H26N2O/c1-9(2)11(4)13(16)15-8-12-10(3)6-5-7-14-12/h9-12,14H,5-8H2,1-4H3,(H,15,16). The number of nitrogens with one attached hydrogen (secondary N) is 2. The van der Waals surface area contributed by atoms with Gasteiger partial charge in [0, 0.05) is 18.5 Å². The van der Waals surface area contributed by atoms with Crippen LogP contribution in [-0.2, 0) is 4.79 Å². The Bertz CT molecular complexity index is 228. The molecule has 1 saturated heterocycles. The zero-order valence-corrected chi connectivity index (χ0v) is 11.0. The molecule has 1 fully saturated rings. The Labute approximate surface area is 99.4 Å². The maximum absolute atomic E-state index is 11.8. The van der Waals surface area contributed by atoms with E-state index in [4.69, 9.17) is 0 Å². The predicted octanol–water partition coefficient (Wildman–Crippen LogP) is 1.78. The third-order valence-electron chi connectivity index (χ3n) is 3.84. The maximum atomic E-state index is 11.8. The van der Waals surface area contributed by atoms with Crippen LogP contribution in [0.4, 0.5) is 0 Å². The van der Waals surface area contributed by atoms with Crippen LogP contribution in [0.15, 0.2) is 0 Å². The van der Waals surface area contributed by atoms with Gasteiger partial charge in [-0.1, -0.05) is 27.7 Å². The minimum Gasteiger partial charge on any atom is -0.354 e. The molecule has 3 unspecified atom stereocenters. The fraction of sp³-hybridized carbons (Fsp3) is 0.923. The van der Waals surface area contributed by atoms with Gasteiger partial charge in [0.15, 0.2) is 0 Å². The molecule has 2 N–H and O–H groups in total. The van der Waals surface area contributed by atoms with Crippen LogP contribution in [-0.4, -0.2) is 25.0 Å². The molecule has 1 amide bonds. The van der Waals surface area contributed by atoms with Crippen LogP contribution in [0.1, 0.15) is 40.5 Å². The largest absolute Gasteiger partial charge is 0.354 e. The number of hydrogen-bond donors (Lipinski definition) is 2. The van der Waals surface area contributed by atoms with Gasteiger partial charge in [0.1, 0.15) is 0 Å². The highest BCUT2D eigenvalue weighted by molar-refractivity contribution is 5.78. The van der Waals surface area contributed by atoms with Gasteiger partial charge in [-0.2, -0.15) is 0 Å². The second kappa shape index (κ2) is 6.24. The molecule has 0 aromatic carbocycles. The van der Waals surface area contributed by atoms with Crippen LogP contribution in [0.3, 0.4) is 0 Å². The third-order valence-corrected chi connectivity index (χ3v) is 3.84. The van der Waals surface area contributed by atoms with E-state index in [9.17, 15) is 4.79 Å². The molecule has 1 heterocycles. The van der Waals surface area contributed by atoms with Crippen molar-refractivity contribution in [2.75, 3.05) is 13.1 Å². The number of hydrogen-bond acceptors (Lipinski definition) is 2. The SMILES string of the molecule is CC(C)C(C)C(=O)NCC1NCCCC1C. The minimum atomic E-state index is 0.110. The van der Waals surface area contributed by atoms with E-state index in [2.05, 4.69) is 31.4 Å². The quantitative estimate of drug-likeness (QED) is 0.767. The summed E-state index contributed by atoms with van der Waals surface area (Å²) in [5.74, 6) is 1.38. The Hall–Kier alpha value is -0.570. The smallest absolute Gasteiger partial charge is 0.223 e. The van der Waals surface area contributed by atoms with Crippen LogP contribution in [0, 0.1) is 17.8 Å². The number of amides is 1. The molecule has 3 atom stereocenters. The monoisotopic (exact) mass is 226 g/mol. The van der Waals surface area contributed by atoms with Crippen LogP contribution in [0.2, 0.25) is 0 Å². The second-order valence-corrected chi connectivity index (χ2v) is 5.46. The van der Waals surface area contributed by atoms with Crippen molar-refractivity contribution in [3.63, 3.8) is 0 Å². The first-order valence-electron chi connectivity index (χ1n) is 6.53. The van der Waals surface area contributed by atoms with Gasteiger partial charge in [-0.15, -0.1) is 0 Å². The number of rotatable bonds is 4. The van der Waals surface area contributed by atoms with E-state index in [0.29, 0.717) is 17.9 Å². The van der Waals surface area contributed by atoms with Gasteiger partial charge in [0.2, 0.25) is 5.91 Å². The lowest BCUT2D eigenvalue weighted by Crippen LogP contribution is -2.48. The molecule has 3 heteroatoms. The lowest BCUT2D eigenvalue weighted by Gasteiger charge is -2.30. The van der Waals surface area contributed by atoms with Crippen LogP contribution in [0.25, 0.3) is 0 Å². The second-order valence-electron chi connectivity index (χ2n) is 5.46. The van der Waals surface area contributed by atoms with Gasteiger partial charge < -0.3 is 10.6 Å². The molecular weight excluding hydrogens is 200 g/mol. The molecule has 16 heavy (non-hydrogen) atoms. The molecule has 0 saturated carbocycles. The van der Waals surface area contributed by atoms with Crippen molar-refractivity contribution in [1.82, 2.24) is 10.6 Å². The lowest BCUT2D eigenvalue weighted by molar-refractivity contribution is -0.125. The summed E-state index contributed by atoms with van der Waals surface area (Å²) in [7, 11) is 0. The zero-order chi connectivity index (χ0) is 12.1. The Morgan fingerprint density at radius 1 is 1.44 bits per heavy atom. The van der Waals surface area contributed by atoms with Crippen molar-refractivity contribution < 1.29 is 4.79 Å². The van der Waals surface area contributed by atoms with Crippen LogP contribution >= 0.6 is 0 Å². The van der Waals surface area contributed by atoms with E-state index < -0.39 is 0 Å². The van der Waals surface area contributed by atoms with E-state index in [1.165, 1.54) is 12.8 Å². The molecule has 0 bridgehead atoms. The van der Waals surface area contributed by atoms with Crippen molar-refractivity contribution in [2.45, 2.75) is 46.6 Å². The average Bonchev–Trinajstić information content (AvgIpc) is 2.26. The third kappa shape index (κ3) is 3.78. The average molecular weight is 226 g/mol. The summed E-state index contributed by atoms with van der Waals surface area (Å²) in [5, 5.41) is 6.54. The van der Waals surface area contributed by atoms with E-state index >= 15 is 0 Å². The topological polar surface area (TPSA) is 41.1 Å². The Balaban J connectivity index is 2.30. The van der Waals surface area contributed by atoms with Crippen LogP contribution < -0.4 is 10.6 Å². The highest BCUT2D eigenvalue weighted by Crippen LogP contribution is 2.15. The fourth-order valence-corrected chi connectivity index (χ4v) is 2.06. The zero-order valence-electron chi connectivity index (χ0n) is 11.0. The van der Waals surface area contributed by atoms with Crippen molar-refractivity contribution in [3.8, 4) is 0 Å². The predicted molar refractivity (Wildman–Crippen MR) is 67.2 cm³/mol. The first kappa shape index (κ1) is 13.5. The van der Waals surface area contributed by atoms with Gasteiger partial charge >= 0.3 is 0 Å². The molecule has 3 nitrogen and oxygen atoms in total. The van der Waals surface area contributed by atoms with Crippen molar-refractivity contribution >= 4 is 5.91 Å². The van der Waals surface area contributed by atoms with E-state index in [0.717, 1.165) is 13.1 Å². The van der Waals surface area contributed by atoms with E-state index in [1.807, 2.05) is 6.92 Å². The molecule has 1 rings (SSSR count). The molecule has 0 radical (unpaired) electrons. The summed E-state index contributed by atoms with van der Waals surface area (Å²) in [4.78, 5) is 11.8. The fourth-order valence-electron chi connectivity index (χ4n) is 2.06. The van der Waals surface area contributed by atoms with Crippen LogP contribution in [0.5, 0.6) is 0 Å². The van der Waals surface area contributed by atoms with Crippen molar-refractivity contribution in [1.29, 1.82) is 0 Å². The first-order chi connectivity index (χ1) is 7.52. The summed E-state index contributed by atoms with van der Waals surface area (Å²) in [5.41, 5.74) is 0. The lowest BCUT2D eigenvalue weighted by atomic mass is 9.92. The highest BCUT2D eigenvalue weighted by Gasteiger charge is 2.22. The van der Waals surface area contributed by atoms with E-state index in [-0.39, 0.29) is 11.8 Å². The molecule has 0 aromatic heterocycles. The number of piperidine rings is 1. The molecule has 0 spiro atoms. The summed E-state index contributed by atoms with van der Waals surface area (Å²) in [6.07, 6.45) is 2.53. The number of carbonyl (C=O) groups is 1. The van der Waals surface area contributed by atoms with Gasteiger partial charge in [0.25, 0.3) is 0 Å². The molecule has 0 aromatic rings. The molecule has 0 aliphatic carbocycles. The Morgan fingerprint density at radius 2 is 2.12 bits per heavy atom. The van der Waals surface area contributed by atoms with Crippen molar-refractivity contribution in [2.24, 2.45) is 17.8 Å². The Morgan fingerprint density at radius 3 is 2.69 bits per heavy atom. The molecule has 94 valence electrons. The van der Waals surface area contributed by atoms with Gasteiger partial charge in [-0.05, 0) is 31.2 Å². The maximum Gasteiger partial charge on any atom is 0.223 e. The van der Waals surface area contributed by atoms with Gasteiger partial charge in [-0.25, -0.2) is 0 Å². The Kier molecular flexibility index (Phi) is 5.26. The van der Waals surface area contributed by atoms with Crippen molar-refractivity contribution in [3.05, 3.63) is 0 Å². The minimum absolute atomic E-state index is 0.110. The first-order valence-corrected chi connectivity index (χ1v) is 6.53. The van der Waals surface area contributed by atoms with E-state index in [1.54, 1.807) is 0 Å². The highest BCUT2D eigenvalue weighted by atomic mass is 16.1. The van der Waals surface area contributed by atoms with Gasteiger partial charge in [-0.3, -0.25) is 4.79 Å². The molecule has 1 aliphatic rings. The normalized spacial score (nSPS) is 27.8.